The number of aromatic amines is 1. The predicted octanol–water partition coefficient (Wildman–Crippen LogP) is 1.01. The Labute approximate surface area is 138 Å². The molecule has 3 N–H and O–H groups in total. The molecule has 3 aromatic rings. The summed E-state index contributed by atoms with van der Waals surface area (Å²) in [4.78, 5) is 19.6. The number of nitrogens with one attached hydrogen (secondary N) is 3. The number of pyridine rings is 1. The van der Waals surface area contributed by atoms with Gasteiger partial charge in [-0.3, -0.25) is 9.78 Å². The first-order valence-electron chi connectivity index (χ1n) is 8.12. The monoisotopic (exact) mass is 325 g/mol. The summed E-state index contributed by atoms with van der Waals surface area (Å²) >= 11 is 0. The number of piperidine rings is 1. The van der Waals surface area contributed by atoms with E-state index in [0.29, 0.717) is 18.2 Å². The minimum absolute atomic E-state index is 0.163. The number of nitrogens with zero attached hydrogens (tertiary/aromatic N) is 4. The SMILES string of the molecule is O=C(NCc1cn(C2CCNCC2)nn1)c1cncc2[nH]ccc12. The Balaban J connectivity index is 1.42. The number of fused-ring (bicyclic) bond motifs is 1. The van der Waals surface area contributed by atoms with Crippen molar-refractivity contribution in [3.8, 4) is 0 Å². The molecule has 0 spiro atoms. The molecule has 124 valence electrons. The third-order valence-electron chi connectivity index (χ3n) is 4.39. The molecule has 4 rings (SSSR count). The van der Waals surface area contributed by atoms with E-state index in [0.717, 1.165) is 42.5 Å². The van der Waals surface area contributed by atoms with Gasteiger partial charge in [0.15, 0.2) is 0 Å². The summed E-state index contributed by atoms with van der Waals surface area (Å²) in [5.41, 5.74) is 2.16. The van der Waals surface area contributed by atoms with Crippen LogP contribution in [0.4, 0.5) is 0 Å². The molecule has 8 nitrogen and oxygen atoms in total. The van der Waals surface area contributed by atoms with Gasteiger partial charge >= 0.3 is 0 Å². The zero-order valence-electron chi connectivity index (χ0n) is 13.2. The molecule has 0 aromatic carbocycles. The maximum atomic E-state index is 12.4. The van der Waals surface area contributed by atoms with Crippen molar-refractivity contribution in [3.05, 3.63) is 42.1 Å². The minimum atomic E-state index is -0.163. The second-order valence-corrected chi connectivity index (χ2v) is 5.98. The third kappa shape index (κ3) is 2.88. The predicted molar refractivity (Wildman–Crippen MR) is 88.4 cm³/mol. The van der Waals surface area contributed by atoms with Gasteiger partial charge in [0.1, 0.15) is 5.69 Å². The van der Waals surface area contributed by atoms with Crippen molar-refractivity contribution in [1.82, 2.24) is 35.6 Å². The normalized spacial score (nSPS) is 15.7. The Morgan fingerprint density at radius 2 is 2.21 bits per heavy atom. The first-order chi connectivity index (χ1) is 11.8. The van der Waals surface area contributed by atoms with E-state index in [4.69, 9.17) is 0 Å². The van der Waals surface area contributed by atoms with Crippen LogP contribution in [0.25, 0.3) is 10.9 Å². The van der Waals surface area contributed by atoms with Crippen molar-refractivity contribution in [2.24, 2.45) is 0 Å². The lowest BCUT2D eigenvalue weighted by Crippen LogP contribution is -2.29. The average molecular weight is 325 g/mol. The van der Waals surface area contributed by atoms with E-state index in [1.165, 1.54) is 0 Å². The van der Waals surface area contributed by atoms with Gasteiger partial charge in [0.2, 0.25) is 0 Å². The van der Waals surface area contributed by atoms with E-state index >= 15 is 0 Å². The highest BCUT2D eigenvalue weighted by molar-refractivity contribution is 6.05. The lowest BCUT2D eigenvalue weighted by molar-refractivity contribution is 0.0951. The second-order valence-electron chi connectivity index (χ2n) is 5.98. The molecule has 4 heterocycles. The molecular formula is C16H19N7O. The molecule has 0 radical (unpaired) electrons. The fourth-order valence-electron chi connectivity index (χ4n) is 3.07. The Kier molecular flexibility index (Phi) is 3.96. The number of aromatic nitrogens is 5. The van der Waals surface area contributed by atoms with Gasteiger partial charge < -0.3 is 15.6 Å². The minimum Gasteiger partial charge on any atom is -0.360 e. The first kappa shape index (κ1) is 14.8. The van der Waals surface area contributed by atoms with Gasteiger partial charge in [-0.2, -0.15) is 0 Å². The Morgan fingerprint density at radius 1 is 1.33 bits per heavy atom. The summed E-state index contributed by atoms with van der Waals surface area (Å²) in [7, 11) is 0. The van der Waals surface area contributed by atoms with Crippen LogP contribution in [0.1, 0.15) is 34.9 Å². The van der Waals surface area contributed by atoms with Gasteiger partial charge in [0, 0.05) is 17.8 Å². The van der Waals surface area contributed by atoms with Crippen molar-refractivity contribution in [2.45, 2.75) is 25.4 Å². The molecule has 8 heteroatoms. The van der Waals surface area contributed by atoms with Gasteiger partial charge in [-0.25, -0.2) is 4.68 Å². The highest BCUT2D eigenvalue weighted by atomic mass is 16.1. The molecule has 1 amide bonds. The maximum absolute atomic E-state index is 12.4. The fourth-order valence-corrected chi connectivity index (χ4v) is 3.07. The standard InChI is InChI=1S/C16H19N7O/c24-16(14-8-18-9-15-13(14)3-6-19-15)20-7-11-10-23(22-21-11)12-1-4-17-5-2-12/h3,6,8-10,12,17,19H,1-2,4-5,7H2,(H,20,24). The average Bonchev–Trinajstić information content (AvgIpc) is 3.29. The number of hydrogen-bond acceptors (Lipinski definition) is 5. The maximum Gasteiger partial charge on any atom is 0.253 e. The van der Waals surface area contributed by atoms with E-state index in [-0.39, 0.29) is 5.91 Å². The fraction of sp³-hybridized carbons (Fsp3) is 0.375. The number of carbonyl (C=O) groups excluding carboxylic acids is 1. The zero-order chi connectivity index (χ0) is 16.4. The lowest BCUT2D eigenvalue weighted by Gasteiger charge is -2.22. The van der Waals surface area contributed by atoms with Crippen LogP contribution in [0.3, 0.4) is 0 Å². The van der Waals surface area contributed by atoms with Gasteiger partial charge in [-0.1, -0.05) is 5.21 Å². The summed E-state index contributed by atoms with van der Waals surface area (Å²) in [6.07, 6.45) is 9.11. The molecule has 1 fully saturated rings. The van der Waals surface area contributed by atoms with E-state index < -0.39 is 0 Å². The number of carbonyl (C=O) groups is 1. The summed E-state index contributed by atoms with van der Waals surface area (Å²) in [6, 6.07) is 2.26. The molecule has 0 atom stereocenters. The Hall–Kier alpha value is -2.74. The van der Waals surface area contributed by atoms with E-state index in [9.17, 15) is 4.79 Å². The number of H-pyrrole nitrogens is 1. The van der Waals surface area contributed by atoms with Crippen LogP contribution in [0.2, 0.25) is 0 Å². The van der Waals surface area contributed by atoms with Crippen molar-refractivity contribution < 1.29 is 4.79 Å². The van der Waals surface area contributed by atoms with Gasteiger partial charge in [-0.05, 0) is 32.0 Å². The molecule has 0 unspecified atom stereocenters. The molecule has 3 aromatic heterocycles. The van der Waals surface area contributed by atoms with Crippen LogP contribution in [0, 0.1) is 0 Å². The third-order valence-corrected chi connectivity index (χ3v) is 4.39. The topological polar surface area (TPSA) is 101 Å². The van der Waals surface area contributed by atoms with Crippen LogP contribution >= 0.6 is 0 Å². The summed E-state index contributed by atoms with van der Waals surface area (Å²) < 4.78 is 1.91. The zero-order valence-corrected chi connectivity index (χ0v) is 13.2. The smallest absolute Gasteiger partial charge is 0.253 e. The highest BCUT2D eigenvalue weighted by Crippen LogP contribution is 2.18. The van der Waals surface area contributed by atoms with Crippen LogP contribution < -0.4 is 10.6 Å². The molecule has 1 saturated heterocycles. The highest BCUT2D eigenvalue weighted by Gasteiger charge is 2.17. The molecule has 1 aliphatic rings. The molecule has 0 saturated carbocycles. The van der Waals surface area contributed by atoms with Gasteiger partial charge in [0.25, 0.3) is 5.91 Å². The number of amides is 1. The Morgan fingerprint density at radius 3 is 3.08 bits per heavy atom. The van der Waals surface area contributed by atoms with Gasteiger partial charge in [0.05, 0.1) is 36.1 Å². The van der Waals surface area contributed by atoms with Gasteiger partial charge in [-0.15, -0.1) is 5.10 Å². The summed E-state index contributed by atoms with van der Waals surface area (Å²) in [5, 5.41) is 15.5. The van der Waals surface area contributed by atoms with Crippen molar-refractivity contribution in [3.63, 3.8) is 0 Å². The summed E-state index contributed by atoms with van der Waals surface area (Å²) in [5.74, 6) is -0.163. The van der Waals surface area contributed by atoms with Crippen LogP contribution in [-0.2, 0) is 6.54 Å². The van der Waals surface area contributed by atoms with Crippen molar-refractivity contribution in [2.75, 3.05) is 13.1 Å². The number of rotatable bonds is 4. The van der Waals surface area contributed by atoms with Crippen molar-refractivity contribution >= 4 is 16.8 Å². The largest absolute Gasteiger partial charge is 0.360 e. The molecule has 0 aliphatic carbocycles. The lowest BCUT2D eigenvalue weighted by atomic mass is 10.1. The Bertz CT molecular complexity index is 847. The van der Waals surface area contributed by atoms with Crippen LogP contribution in [-0.4, -0.2) is 44.0 Å². The molecular weight excluding hydrogens is 306 g/mol. The summed E-state index contributed by atoms with van der Waals surface area (Å²) in [6.45, 7) is 2.36. The van der Waals surface area contributed by atoms with Crippen LogP contribution in [0.15, 0.2) is 30.9 Å². The quantitative estimate of drug-likeness (QED) is 0.665. The van der Waals surface area contributed by atoms with E-state index in [1.807, 2.05) is 16.9 Å². The molecule has 1 aliphatic heterocycles. The molecule has 0 bridgehead atoms. The second kappa shape index (κ2) is 6.40. The van der Waals surface area contributed by atoms with Crippen molar-refractivity contribution in [1.29, 1.82) is 0 Å². The van der Waals surface area contributed by atoms with E-state index in [2.05, 4.69) is 30.9 Å². The van der Waals surface area contributed by atoms with E-state index in [1.54, 1.807) is 18.6 Å². The first-order valence-corrected chi connectivity index (χ1v) is 8.12. The number of hydrogen-bond donors (Lipinski definition) is 3. The molecule has 24 heavy (non-hydrogen) atoms. The van der Waals surface area contributed by atoms with Crippen LogP contribution in [0.5, 0.6) is 0 Å².